The summed E-state index contributed by atoms with van der Waals surface area (Å²) in [4.78, 5) is 44.1. The number of imidazole rings is 1. The summed E-state index contributed by atoms with van der Waals surface area (Å²) < 4.78 is 20.3. The first-order chi connectivity index (χ1) is 15.4. The van der Waals surface area contributed by atoms with Crippen molar-refractivity contribution < 1.29 is 9.31 Å². The van der Waals surface area contributed by atoms with Crippen LogP contribution < -0.4 is 11.2 Å². The maximum Gasteiger partial charge on any atom is 0.332 e. The van der Waals surface area contributed by atoms with Crippen LogP contribution in [0.3, 0.4) is 0 Å². The number of hydrogen-bond donors (Lipinski definition) is 1. The van der Waals surface area contributed by atoms with Gasteiger partial charge in [0.1, 0.15) is 11.3 Å². The summed E-state index contributed by atoms with van der Waals surface area (Å²) in [5.41, 5.74) is -0.168. The van der Waals surface area contributed by atoms with Gasteiger partial charge < -0.3 is 4.98 Å². The van der Waals surface area contributed by atoms with Crippen LogP contribution in [0.15, 0.2) is 39.2 Å². The van der Waals surface area contributed by atoms with Crippen LogP contribution in [0, 0.1) is 15.9 Å². The van der Waals surface area contributed by atoms with Gasteiger partial charge in [-0.2, -0.15) is 4.37 Å². The van der Waals surface area contributed by atoms with Crippen molar-refractivity contribution in [2.75, 3.05) is 0 Å². The summed E-state index contributed by atoms with van der Waals surface area (Å²) in [6.45, 7) is 2.14. The molecule has 32 heavy (non-hydrogen) atoms. The van der Waals surface area contributed by atoms with Crippen molar-refractivity contribution >= 4 is 28.4 Å². The molecule has 0 aliphatic carbocycles. The highest BCUT2D eigenvalue weighted by molar-refractivity contribution is 7.03. The van der Waals surface area contributed by atoms with Crippen molar-refractivity contribution in [2.24, 2.45) is 0 Å². The van der Waals surface area contributed by atoms with Gasteiger partial charge in [-0.3, -0.25) is 24.0 Å². The summed E-state index contributed by atoms with van der Waals surface area (Å²) in [6.07, 6.45) is 0.796. The lowest BCUT2D eigenvalue weighted by Crippen LogP contribution is -2.40. The molecular formula is C20H19FN6O4S. The highest BCUT2D eigenvalue weighted by atomic mass is 32.1. The van der Waals surface area contributed by atoms with Crippen LogP contribution in [-0.2, 0) is 25.9 Å². The minimum absolute atomic E-state index is 0.0373. The van der Waals surface area contributed by atoms with Gasteiger partial charge in [-0.25, -0.2) is 14.2 Å². The number of H-pyrrole nitrogens is 1. The molecule has 12 heteroatoms. The maximum absolute atomic E-state index is 13.8. The first-order valence-electron chi connectivity index (χ1n) is 9.94. The molecule has 0 radical (unpaired) electrons. The minimum Gasteiger partial charge on any atom is -0.336 e. The number of benzene rings is 1. The Bertz CT molecular complexity index is 1420. The lowest BCUT2D eigenvalue weighted by molar-refractivity contribution is -0.385. The predicted molar refractivity (Wildman–Crippen MR) is 117 cm³/mol. The van der Waals surface area contributed by atoms with Crippen LogP contribution in [0.5, 0.6) is 0 Å². The van der Waals surface area contributed by atoms with Gasteiger partial charge in [-0.1, -0.05) is 25.1 Å². The van der Waals surface area contributed by atoms with E-state index in [0.717, 1.165) is 16.1 Å². The number of nitrogens with one attached hydrogen (secondary N) is 1. The topological polar surface area (TPSA) is 129 Å². The molecular weight excluding hydrogens is 439 g/mol. The third kappa shape index (κ3) is 3.96. The second kappa shape index (κ2) is 8.83. The number of halogens is 1. The summed E-state index contributed by atoms with van der Waals surface area (Å²) in [6, 6.07) is 6.29. The molecule has 0 bridgehead atoms. The highest BCUT2D eigenvalue weighted by Crippen LogP contribution is 2.19. The number of hydrogen-bond acceptors (Lipinski definition) is 7. The number of rotatable bonds is 8. The van der Waals surface area contributed by atoms with Crippen molar-refractivity contribution in [1.82, 2.24) is 23.5 Å². The van der Waals surface area contributed by atoms with Gasteiger partial charge in [0, 0.05) is 30.1 Å². The fraction of sp³-hybridized carbons (Fsp3) is 0.300. The van der Waals surface area contributed by atoms with Gasteiger partial charge in [0.25, 0.3) is 11.2 Å². The zero-order valence-corrected chi connectivity index (χ0v) is 17.9. The maximum atomic E-state index is 13.8. The van der Waals surface area contributed by atoms with E-state index in [9.17, 15) is 24.1 Å². The number of aryl methyl sites for hydroxylation is 2. The first kappa shape index (κ1) is 21.6. The molecule has 0 atom stereocenters. The van der Waals surface area contributed by atoms with Gasteiger partial charge in [0.15, 0.2) is 11.5 Å². The zero-order valence-electron chi connectivity index (χ0n) is 17.1. The molecule has 1 N–H and O–H groups in total. The Balaban J connectivity index is 1.79. The zero-order chi connectivity index (χ0) is 22.8. The molecule has 3 heterocycles. The Morgan fingerprint density at radius 3 is 2.69 bits per heavy atom. The van der Waals surface area contributed by atoms with E-state index in [0.29, 0.717) is 17.8 Å². The minimum atomic E-state index is -0.541. The number of aromatic nitrogens is 5. The molecule has 1 aromatic carbocycles. The lowest BCUT2D eigenvalue weighted by atomic mass is 10.1. The van der Waals surface area contributed by atoms with Crippen molar-refractivity contribution in [2.45, 2.75) is 39.3 Å². The number of nitro groups is 1. The summed E-state index contributed by atoms with van der Waals surface area (Å²) in [7, 11) is 0. The molecule has 0 fully saturated rings. The van der Waals surface area contributed by atoms with Crippen molar-refractivity contribution in [1.29, 1.82) is 0 Å². The van der Waals surface area contributed by atoms with Gasteiger partial charge in [0.2, 0.25) is 0 Å². The Morgan fingerprint density at radius 2 is 2.00 bits per heavy atom. The normalized spacial score (nSPS) is 11.3. The number of para-hydroxylation sites is 1. The van der Waals surface area contributed by atoms with E-state index in [-0.39, 0.29) is 48.5 Å². The quantitative estimate of drug-likeness (QED) is 0.319. The average molecular weight is 458 g/mol. The molecule has 0 aliphatic heterocycles. The van der Waals surface area contributed by atoms with E-state index in [1.807, 2.05) is 6.92 Å². The smallest absolute Gasteiger partial charge is 0.332 e. The van der Waals surface area contributed by atoms with Crippen molar-refractivity contribution in [3.8, 4) is 0 Å². The number of nitrogens with zero attached hydrogens (tertiary/aromatic N) is 5. The van der Waals surface area contributed by atoms with Crippen LogP contribution in [0.2, 0.25) is 0 Å². The second-order valence-corrected chi connectivity index (χ2v) is 7.82. The Kier molecular flexibility index (Phi) is 5.95. The van der Waals surface area contributed by atoms with E-state index in [1.165, 1.54) is 16.0 Å². The van der Waals surface area contributed by atoms with Crippen LogP contribution in [0.1, 0.15) is 30.4 Å². The summed E-state index contributed by atoms with van der Waals surface area (Å²) >= 11 is 0.977. The molecule has 0 saturated carbocycles. The molecule has 10 nitrogen and oxygen atoms in total. The first-order valence-corrected chi connectivity index (χ1v) is 10.8. The third-order valence-electron chi connectivity index (χ3n) is 5.08. The number of fused-ring (bicyclic) bond motifs is 1. The van der Waals surface area contributed by atoms with Gasteiger partial charge >= 0.3 is 5.69 Å². The third-order valence-corrected chi connectivity index (χ3v) is 5.72. The molecule has 3 aromatic heterocycles. The monoisotopic (exact) mass is 458 g/mol. The molecule has 0 aliphatic rings. The van der Waals surface area contributed by atoms with E-state index in [2.05, 4.69) is 14.3 Å². The fourth-order valence-electron chi connectivity index (χ4n) is 3.58. The van der Waals surface area contributed by atoms with Crippen LogP contribution in [0.4, 0.5) is 10.1 Å². The SMILES string of the molecule is CCCn1c(=O)c2[nH]c(Cc3nscc3F)nc2n(CCc2ccccc2[N+](=O)[O-])c1=O. The van der Waals surface area contributed by atoms with Crippen LogP contribution >= 0.6 is 11.5 Å². The highest BCUT2D eigenvalue weighted by Gasteiger charge is 2.20. The van der Waals surface area contributed by atoms with E-state index in [4.69, 9.17) is 0 Å². The van der Waals surface area contributed by atoms with Gasteiger partial charge in [-0.05, 0) is 24.4 Å². The largest absolute Gasteiger partial charge is 0.336 e. The van der Waals surface area contributed by atoms with E-state index >= 15 is 0 Å². The van der Waals surface area contributed by atoms with E-state index in [1.54, 1.807) is 18.2 Å². The number of aromatic amines is 1. The summed E-state index contributed by atoms with van der Waals surface area (Å²) in [5, 5.41) is 12.6. The Hall–Kier alpha value is -3.67. The standard InChI is InChI=1S/C20H19FN6O4S/c1-2-8-26-19(28)17-18(23-16(22-17)10-14-13(21)11-32-24-14)25(20(26)29)9-7-12-5-3-4-6-15(12)27(30)31/h3-6,11H,2,7-10H2,1H3,(H,22,23). The molecule has 0 unspecified atom stereocenters. The van der Waals surface area contributed by atoms with Gasteiger partial charge in [0.05, 0.1) is 17.0 Å². The number of nitro benzene ring substituents is 1. The molecule has 166 valence electrons. The average Bonchev–Trinajstić information content (AvgIpc) is 3.38. The van der Waals surface area contributed by atoms with E-state index < -0.39 is 22.0 Å². The molecule has 4 aromatic rings. The lowest BCUT2D eigenvalue weighted by Gasteiger charge is -2.11. The van der Waals surface area contributed by atoms with Crippen molar-refractivity contribution in [3.63, 3.8) is 0 Å². The van der Waals surface area contributed by atoms with Crippen molar-refractivity contribution in [3.05, 3.63) is 83.5 Å². The van der Waals surface area contributed by atoms with Gasteiger partial charge in [-0.15, -0.1) is 0 Å². The molecule has 4 rings (SSSR count). The molecule has 0 spiro atoms. The van der Waals surface area contributed by atoms with Crippen LogP contribution in [0.25, 0.3) is 11.2 Å². The summed E-state index contributed by atoms with van der Waals surface area (Å²) in [5.74, 6) is -0.164. The molecule has 0 saturated heterocycles. The molecule has 0 amide bonds. The Morgan fingerprint density at radius 1 is 1.22 bits per heavy atom. The fourth-order valence-corrected chi connectivity index (χ4v) is 4.14. The van der Waals surface area contributed by atoms with Crippen LogP contribution in [-0.4, -0.2) is 28.4 Å². The second-order valence-electron chi connectivity index (χ2n) is 7.19. The Labute approximate surface area is 184 Å². The predicted octanol–water partition coefficient (Wildman–Crippen LogP) is 2.63.